The molecule has 2 aliphatic heterocycles. The molecular weight excluding hydrogens is 266 g/mol. The summed E-state index contributed by atoms with van der Waals surface area (Å²) in [6, 6.07) is 3.83. The zero-order valence-corrected chi connectivity index (χ0v) is 11.7. The first kappa shape index (κ1) is 13.2. The predicted molar refractivity (Wildman–Crippen MR) is 72.3 cm³/mol. The van der Waals surface area contributed by atoms with Gasteiger partial charge in [-0.25, -0.2) is 0 Å². The number of hydrogen-bond donors (Lipinski definition) is 1. The summed E-state index contributed by atoms with van der Waals surface area (Å²) in [7, 11) is 0. The Bertz CT molecular complexity index is 490. The number of rotatable bonds is 2. The van der Waals surface area contributed by atoms with Gasteiger partial charge in [-0.1, -0.05) is 11.6 Å². The molecule has 0 aliphatic carbocycles. The van der Waals surface area contributed by atoms with Crippen LogP contribution in [0, 0.1) is 0 Å². The van der Waals surface area contributed by atoms with Crippen LogP contribution in [0.15, 0.2) is 12.1 Å². The second kappa shape index (κ2) is 4.94. The molecule has 2 heterocycles. The Labute approximate surface area is 117 Å². The first-order chi connectivity index (χ1) is 9.03. The highest BCUT2D eigenvalue weighted by Crippen LogP contribution is 2.33. The van der Waals surface area contributed by atoms with E-state index in [4.69, 9.17) is 21.1 Å². The summed E-state index contributed by atoms with van der Waals surface area (Å²) in [4.78, 5) is 2.23. The van der Waals surface area contributed by atoms with Crippen molar-refractivity contribution in [1.29, 1.82) is 0 Å². The van der Waals surface area contributed by atoms with Gasteiger partial charge in [0.1, 0.15) is 5.75 Å². The Kier molecular flexibility index (Phi) is 3.43. The lowest BCUT2D eigenvalue weighted by Crippen LogP contribution is -2.29. The highest BCUT2D eigenvalue weighted by atomic mass is 35.5. The summed E-state index contributed by atoms with van der Waals surface area (Å²) in [6.45, 7) is 5.04. The Morgan fingerprint density at radius 1 is 1.47 bits per heavy atom. The van der Waals surface area contributed by atoms with Gasteiger partial charge in [-0.15, -0.1) is 0 Å². The number of nitrogens with zero attached hydrogens (tertiary/aromatic N) is 1. The van der Waals surface area contributed by atoms with Gasteiger partial charge in [0.15, 0.2) is 6.79 Å². The zero-order valence-electron chi connectivity index (χ0n) is 11.0. The van der Waals surface area contributed by atoms with Gasteiger partial charge in [0.25, 0.3) is 0 Å². The van der Waals surface area contributed by atoms with Crippen LogP contribution in [-0.2, 0) is 17.9 Å². The summed E-state index contributed by atoms with van der Waals surface area (Å²) < 4.78 is 10.9. The molecule has 0 bridgehead atoms. The average Bonchev–Trinajstić information content (AvgIpc) is 2.68. The van der Waals surface area contributed by atoms with Crippen molar-refractivity contribution >= 4 is 11.6 Å². The largest absolute Gasteiger partial charge is 0.467 e. The molecule has 1 fully saturated rings. The van der Waals surface area contributed by atoms with E-state index in [2.05, 4.69) is 4.90 Å². The summed E-state index contributed by atoms with van der Waals surface area (Å²) in [5, 5.41) is 10.7. The number of ether oxygens (including phenoxy) is 2. The highest BCUT2D eigenvalue weighted by Gasteiger charge is 2.31. The Hall–Kier alpha value is -0.810. The monoisotopic (exact) mass is 283 g/mol. The van der Waals surface area contributed by atoms with E-state index in [1.54, 1.807) is 0 Å². The van der Waals surface area contributed by atoms with E-state index in [1.807, 2.05) is 19.1 Å². The van der Waals surface area contributed by atoms with Crippen LogP contribution >= 0.6 is 11.6 Å². The molecule has 0 spiro atoms. The van der Waals surface area contributed by atoms with Crippen molar-refractivity contribution < 1.29 is 14.6 Å². The summed E-state index contributed by atoms with van der Waals surface area (Å²) >= 11 is 6.14. The zero-order chi connectivity index (χ0) is 13.5. The molecule has 1 unspecified atom stereocenters. The maximum atomic E-state index is 10.0. The minimum atomic E-state index is -0.581. The van der Waals surface area contributed by atoms with Gasteiger partial charge in [-0.3, -0.25) is 4.90 Å². The van der Waals surface area contributed by atoms with Crippen molar-refractivity contribution in [2.24, 2.45) is 0 Å². The van der Waals surface area contributed by atoms with Crippen LogP contribution in [-0.4, -0.2) is 35.5 Å². The van der Waals surface area contributed by atoms with Crippen molar-refractivity contribution in [3.05, 3.63) is 28.3 Å². The van der Waals surface area contributed by atoms with Crippen LogP contribution in [0.25, 0.3) is 0 Å². The molecule has 104 valence electrons. The van der Waals surface area contributed by atoms with Crippen molar-refractivity contribution in [1.82, 2.24) is 4.90 Å². The van der Waals surface area contributed by atoms with Gasteiger partial charge in [-0.05, 0) is 25.5 Å². The van der Waals surface area contributed by atoms with Crippen LogP contribution < -0.4 is 4.74 Å². The smallest absolute Gasteiger partial charge is 0.189 e. The lowest BCUT2D eigenvalue weighted by Gasteiger charge is -2.24. The number of β-amino-alcohol motifs (C(OH)–C–C–N with tert-alkyl or cyclic N) is 1. The quantitative estimate of drug-likeness (QED) is 0.903. The summed E-state index contributed by atoms with van der Waals surface area (Å²) in [5.41, 5.74) is 1.49. The third-order valence-corrected chi connectivity index (χ3v) is 3.89. The van der Waals surface area contributed by atoms with Gasteiger partial charge in [0, 0.05) is 35.8 Å². The van der Waals surface area contributed by atoms with Gasteiger partial charge >= 0.3 is 0 Å². The normalized spacial score (nSPS) is 27.1. The lowest BCUT2D eigenvalue weighted by molar-refractivity contribution is -0.0175. The minimum Gasteiger partial charge on any atom is -0.467 e. The summed E-state index contributed by atoms with van der Waals surface area (Å²) in [6.07, 6.45) is 0.805. The van der Waals surface area contributed by atoms with Crippen LogP contribution in [0.4, 0.5) is 0 Å². The number of aliphatic hydroxyl groups is 1. The molecule has 2 aliphatic rings. The fourth-order valence-electron chi connectivity index (χ4n) is 2.79. The second-order valence-corrected chi connectivity index (χ2v) is 6.06. The Morgan fingerprint density at radius 2 is 2.32 bits per heavy atom. The SMILES string of the molecule is CC1(O)CCN(Cc2cc(Cl)cc3c2OCOC3)C1. The van der Waals surface area contributed by atoms with Gasteiger partial charge in [-0.2, -0.15) is 0 Å². The maximum absolute atomic E-state index is 10.0. The first-order valence-electron chi connectivity index (χ1n) is 6.50. The topological polar surface area (TPSA) is 41.9 Å². The first-order valence-corrected chi connectivity index (χ1v) is 6.88. The molecular formula is C14H18ClNO3. The minimum absolute atomic E-state index is 0.291. The van der Waals surface area contributed by atoms with Crippen LogP contribution in [0.1, 0.15) is 24.5 Å². The average molecular weight is 284 g/mol. The molecule has 1 aromatic rings. The van der Waals surface area contributed by atoms with E-state index in [1.165, 1.54) is 0 Å². The van der Waals surface area contributed by atoms with Gasteiger partial charge in [0.2, 0.25) is 0 Å². The van der Waals surface area contributed by atoms with Crippen molar-refractivity contribution in [2.45, 2.75) is 32.1 Å². The standard InChI is InChI=1S/C14H18ClNO3/c1-14(17)2-3-16(8-14)6-10-4-12(15)5-11-7-18-9-19-13(10)11/h4-5,17H,2-3,6-9H2,1H3. The number of hydrogen-bond acceptors (Lipinski definition) is 4. The third-order valence-electron chi connectivity index (χ3n) is 3.68. The molecule has 1 N–H and O–H groups in total. The predicted octanol–water partition coefficient (Wildman–Crippen LogP) is 2.16. The molecule has 1 atom stereocenters. The lowest BCUT2D eigenvalue weighted by atomic mass is 10.1. The number of benzene rings is 1. The molecule has 0 amide bonds. The Balaban J connectivity index is 1.83. The van der Waals surface area contributed by atoms with E-state index in [0.29, 0.717) is 25.0 Å². The van der Waals surface area contributed by atoms with Gasteiger partial charge in [0.05, 0.1) is 12.2 Å². The molecule has 0 aromatic heterocycles. The van der Waals surface area contributed by atoms with Crippen LogP contribution in [0.3, 0.4) is 0 Å². The van der Waals surface area contributed by atoms with E-state index < -0.39 is 5.60 Å². The van der Waals surface area contributed by atoms with E-state index >= 15 is 0 Å². The fourth-order valence-corrected chi connectivity index (χ4v) is 3.05. The van der Waals surface area contributed by atoms with Crippen LogP contribution in [0.5, 0.6) is 5.75 Å². The molecule has 0 radical (unpaired) electrons. The molecule has 1 aromatic carbocycles. The van der Waals surface area contributed by atoms with Crippen molar-refractivity contribution in [3.63, 3.8) is 0 Å². The van der Waals surface area contributed by atoms with E-state index in [0.717, 1.165) is 36.4 Å². The van der Waals surface area contributed by atoms with Gasteiger partial charge < -0.3 is 14.6 Å². The third kappa shape index (κ3) is 2.87. The second-order valence-electron chi connectivity index (χ2n) is 5.62. The Morgan fingerprint density at radius 3 is 3.05 bits per heavy atom. The molecule has 4 nitrogen and oxygen atoms in total. The number of fused-ring (bicyclic) bond motifs is 1. The van der Waals surface area contributed by atoms with E-state index in [9.17, 15) is 5.11 Å². The van der Waals surface area contributed by atoms with E-state index in [-0.39, 0.29) is 0 Å². The molecule has 5 heteroatoms. The fraction of sp³-hybridized carbons (Fsp3) is 0.571. The van der Waals surface area contributed by atoms with Crippen molar-refractivity contribution in [3.8, 4) is 5.75 Å². The molecule has 19 heavy (non-hydrogen) atoms. The van der Waals surface area contributed by atoms with Crippen LogP contribution in [0.2, 0.25) is 5.02 Å². The molecule has 1 saturated heterocycles. The highest BCUT2D eigenvalue weighted by molar-refractivity contribution is 6.30. The molecule has 0 saturated carbocycles. The van der Waals surface area contributed by atoms with Crippen molar-refractivity contribution in [2.75, 3.05) is 19.9 Å². The number of likely N-dealkylation sites (tertiary alicyclic amines) is 1. The molecule has 3 rings (SSSR count). The summed E-state index contributed by atoms with van der Waals surface area (Å²) in [5.74, 6) is 0.891. The maximum Gasteiger partial charge on any atom is 0.189 e. The number of halogens is 1.